The molecule has 2 aliphatic rings. The lowest BCUT2D eigenvalue weighted by atomic mass is 10.0. The monoisotopic (exact) mass is 264 g/mol. The summed E-state index contributed by atoms with van der Waals surface area (Å²) in [6, 6.07) is 4.11. The number of alkyl halides is 1. The zero-order valence-corrected chi connectivity index (χ0v) is 11.5. The number of benzene rings is 1. The van der Waals surface area contributed by atoms with Crippen LogP contribution < -0.4 is 9.47 Å². The van der Waals surface area contributed by atoms with Gasteiger partial charge in [-0.15, -0.1) is 11.6 Å². The Morgan fingerprint density at radius 2 is 2.00 bits per heavy atom. The number of ether oxygens (including phenoxy) is 2. The molecule has 1 aliphatic heterocycles. The summed E-state index contributed by atoms with van der Waals surface area (Å²) in [6.45, 7) is 4.68. The van der Waals surface area contributed by atoms with Gasteiger partial charge >= 0.3 is 0 Å². The summed E-state index contributed by atoms with van der Waals surface area (Å²) in [6.07, 6.45) is 3.47. The van der Waals surface area contributed by atoms with Crippen molar-refractivity contribution in [2.45, 2.75) is 38.5 Å². The maximum absolute atomic E-state index is 6.59. The molecular weight excluding hydrogens is 248 g/mol. The third-order valence-corrected chi connectivity index (χ3v) is 4.31. The quantitative estimate of drug-likeness (QED) is 0.739. The fraction of sp³-hybridized carbons (Fsp3) is 0.467. The molecule has 1 atom stereocenters. The summed E-state index contributed by atoms with van der Waals surface area (Å²) in [5, 5.41) is 0.000972. The van der Waals surface area contributed by atoms with Gasteiger partial charge in [0.05, 0.1) is 5.38 Å². The highest BCUT2D eigenvalue weighted by Crippen LogP contribution is 2.50. The minimum Gasteiger partial charge on any atom is -0.454 e. The second-order valence-electron chi connectivity index (χ2n) is 4.91. The van der Waals surface area contributed by atoms with E-state index >= 15 is 0 Å². The molecular formula is C15H17ClO2. The molecule has 0 fully saturated rings. The third kappa shape index (κ3) is 1.71. The van der Waals surface area contributed by atoms with Crippen molar-refractivity contribution < 1.29 is 9.47 Å². The molecule has 96 valence electrons. The predicted octanol–water partition coefficient (Wildman–Crippen LogP) is 4.67. The number of unbranched alkanes of at least 4 members (excludes halogenated alkanes) is 1. The Hall–Kier alpha value is -1.15. The SMILES string of the molecule is CCCCC1=C(C)c2cc3c(cc2C1Cl)OCO3. The highest BCUT2D eigenvalue weighted by molar-refractivity contribution is 6.24. The van der Waals surface area contributed by atoms with Crippen LogP contribution in [0, 0.1) is 0 Å². The van der Waals surface area contributed by atoms with Crippen molar-refractivity contribution in [1.29, 1.82) is 0 Å². The van der Waals surface area contributed by atoms with Crippen molar-refractivity contribution in [2.24, 2.45) is 0 Å². The van der Waals surface area contributed by atoms with E-state index in [-0.39, 0.29) is 5.38 Å². The molecule has 1 heterocycles. The van der Waals surface area contributed by atoms with Crippen LogP contribution in [0.5, 0.6) is 11.5 Å². The van der Waals surface area contributed by atoms with Gasteiger partial charge in [0.15, 0.2) is 11.5 Å². The molecule has 0 amide bonds. The first-order valence-electron chi connectivity index (χ1n) is 6.50. The van der Waals surface area contributed by atoms with E-state index in [1.807, 2.05) is 6.07 Å². The molecule has 1 aromatic rings. The second-order valence-corrected chi connectivity index (χ2v) is 5.35. The normalized spacial score (nSPS) is 20.5. The zero-order chi connectivity index (χ0) is 12.7. The van der Waals surface area contributed by atoms with Crippen LogP contribution in [0.25, 0.3) is 5.57 Å². The number of hydrogen-bond acceptors (Lipinski definition) is 2. The van der Waals surface area contributed by atoms with E-state index in [1.165, 1.54) is 35.1 Å². The molecule has 1 aromatic carbocycles. The highest BCUT2D eigenvalue weighted by atomic mass is 35.5. The van der Waals surface area contributed by atoms with Crippen LogP contribution >= 0.6 is 11.6 Å². The standard InChI is InChI=1S/C15H17ClO2/c1-3-4-5-10-9(2)11-6-13-14(18-8-17-13)7-12(11)15(10)16/h6-7,15H,3-5,8H2,1-2H3. The van der Waals surface area contributed by atoms with Gasteiger partial charge in [-0.1, -0.05) is 13.3 Å². The molecule has 2 nitrogen and oxygen atoms in total. The molecule has 3 heteroatoms. The van der Waals surface area contributed by atoms with Crippen molar-refractivity contribution in [3.63, 3.8) is 0 Å². The number of halogens is 1. The van der Waals surface area contributed by atoms with Gasteiger partial charge in [0.2, 0.25) is 6.79 Å². The van der Waals surface area contributed by atoms with Crippen LogP contribution in [0.3, 0.4) is 0 Å². The van der Waals surface area contributed by atoms with E-state index < -0.39 is 0 Å². The van der Waals surface area contributed by atoms with E-state index in [0.717, 1.165) is 17.9 Å². The van der Waals surface area contributed by atoms with E-state index in [4.69, 9.17) is 21.1 Å². The zero-order valence-electron chi connectivity index (χ0n) is 10.8. The van der Waals surface area contributed by atoms with E-state index in [9.17, 15) is 0 Å². The first-order chi connectivity index (χ1) is 8.72. The summed E-state index contributed by atoms with van der Waals surface area (Å²) in [4.78, 5) is 0. The Morgan fingerprint density at radius 1 is 1.28 bits per heavy atom. The lowest BCUT2D eigenvalue weighted by molar-refractivity contribution is 0.174. The van der Waals surface area contributed by atoms with E-state index in [0.29, 0.717) is 6.79 Å². The molecule has 0 aromatic heterocycles. The number of fused-ring (bicyclic) bond motifs is 2. The Balaban J connectivity index is 2.00. The molecule has 3 rings (SSSR count). The maximum Gasteiger partial charge on any atom is 0.231 e. The summed E-state index contributed by atoms with van der Waals surface area (Å²) >= 11 is 6.59. The highest BCUT2D eigenvalue weighted by Gasteiger charge is 2.30. The minimum absolute atomic E-state index is 0.000972. The molecule has 0 bridgehead atoms. The van der Waals surface area contributed by atoms with Crippen molar-refractivity contribution in [3.05, 3.63) is 28.8 Å². The second kappa shape index (κ2) is 4.51. The minimum atomic E-state index is 0.000972. The summed E-state index contributed by atoms with van der Waals surface area (Å²) in [7, 11) is 0. The van der Waals surface area contributed by atoms with Gasteiger partial charge in [0.25, 0.3) is 0 Å². The summed E-state index contributed by atoms with van der Waals surface area (Å²) in [5.41, 5.74) is 5.07. The Bertz CT molecular complexity index is 519. The lowest BCUT2D eigenvalue weighted by Gasteiger charge is -2.09. The van der Waals surface area contributed by atoms with Crippen molar-refractivity contribution in [1.82, 2.24) is 0 Å². The van der Waals surface area contributed by atoms with Gasteiger partial charge < -0.3 is 9.47 Å². The molecule has 0 saturated heterocycles. The Morgan fingerprint density at radius 3 is 2.72 bits per heavy atom. The molecule has 0 saturated carbocycles. The summed E-state index contributed by atoms with van der Waals surface area (Å²) in [5.74, 6) is 1.66. The fourth-order valence-electron chi connectivity index (χ4n) is 2.72. The third-order valence-electron chi connectivity index (χ3n) is 3.81. The average molecular weight is 265 g/mol. The summed E-state index contributed by atoms with van der Waals surface area (Å²) < 4.78 is 10.9. The first kappa shape index (κ1) is 11.9. The van der Waals surface area contributed by atoms with Gasteiger partial charge in [-0.3, -0.25) is 0 Å². The van der Waals surface area contributed by atoms with Crippen LogP contribution in [-0.4, -0.2) is 6.79 Å². The molecule has 0 radical (unpaired) electrons. The van der Waals surface area contributed by atoms with Gasteiger partial charge in [0, 0.05) is 0 Å². The number of allylic oxidation sites excluding steroid dienone is 2. The molecule has 0 spiro atoms. The van der Waals surface area contributed by atoms with Crippen molar-refractivity contribution in [3.8, 4) is 11.5 Å². The van der Waals surface area contributed by atoms with Crippen molar-refractivity contribution >= 4 is 17.2 Å². The van der Waals surface area contributed by atoms with Crippen LogP contribution in [0.2, 0.25) is 0 Å². The van der Waals surface area contributed by atoms with Gasteiger partial charge in [-0.2, -0.15) is 0 Å². The average Bonchev–Trinajstić information content (AvgIpc) is 2.91. The van der Waals surface area contributed by atoms with Gasteiger partial charge in [0.1, 0.15) is 0 Å². The molecule has 18 heavy (non-hydrogen) atoms. The lowest BCUT2D eigenvalue weighted by Crippen LogP contribution is -1.93. The molecule has 1 aliphatic carbocycles. The van der Waals surface area contributed by atoms with Crippen LogP contribution in [-0.2, 0) is 0 Å². The van der Waals surface area contributed by atoms with Crippen LogP contribution in [0.15, 0.2) is 17.7 Å². The Kier molecular flexibility index (Phi) is 2.98. The smallest absolute Gasteiger partial charge is 0.231 e. The topological polar surface area (TPSA) is 18.5 Å². The maximum atomic E-state index is 6.59. The number of hydrogen-bond donors (Lipinski definition) is 0. The molecule has 0 N–H and O–H groups in total. The van der Waals surface area contributed by atoms with E-state index in [1.54, 1.807) is 0 Å². The van der Waals surface area contributed by atoms with Gasteiger partial charge in [-0.05, 0) is 54.2 Å². The fourth-order valence-corrected chi connectivity index (χ4v) is 3.18. The Labute approximate surface area is 113 Å². The van der Waals surface area contributed by atoms with E-state index in [2.05, 4.69) is 19.9 Å². The largest absolute Gasteiger partial charge is 0.454 e. The van der Waals surface area contributed by atoms with Gasteiger partial charge in [-0.25, -0.2) is 0 Å². The van der Waals surface area contributed by atoms with Crippen molar-refractivity contribution in [2.75, 3.05) is 6.79 Å². The predicted molar refractivity (Wildman–Crippen MR) is 73.3 cm³/mol. The molecule has 1 unspecified atom stereocenters. The van der Waals surface area contributed by atoms with Crippen LogP contribution in [0.4, 0.5) is 0 Å². The van der Waals surface area contributed by atoms with Crippen LogP contribution in [0.1, 0.15) is 49.6 Å². The number of rotatable bonds is 3. The first-order valence-corrected chi connectivity index (χ1v) is 6.93.